The van der Waals surface area contributed by atoms with Gasteiger partial charge in [0.05, 0.1) is 59.3 Å². The Bertz CT molecular complexity index is 1810. The maximum absolute atomic E-state index is 5.74. The highest BCUT2D eigenvalue weighted by Gasteiger charge is 2.26. The van der Waals surface area contributed by atoms with Crippen LogP contribution in [0.15, 0.2) is 48.8 Å². The van der Waals surface area contributed by atoms with E-state index in [2.05, 4.69) is 47.7 Å². The second kappa shape index (κ2) is 10.7. The minimum absolute atomic E-state index is 0.172. The lowest BCUT2D eigenvalue weighted by Crippen LogP contribution is -2.44. The summed E-state index contributed by atoms with van der Waals surface area (Å²) in [5, 5.41) is 4.91. The van der Waals surface area contributed by atoms with E-state index in [1.807, 2.05) is 66.4 Å². The molecule has 0 amide bonds. The topological polar surface area (TPSA) is 90.0 Å². The molecule has 1 aliphatic heterocycles. The molecule has 4 aromatic heterocycles. The van der Waals surface area contributed by atoms with Gasteiger partial charge in [0.2, 0.25) is 11.9 Å². The predicted molar refractivity (Wildman–Crippen MR) is 161 cm³/mol. The monoisotopic (exact) mass is 547 g/mol. The number of hydrogen-bond acceptors (Lipinski definition) is 8. The van der Waals surface area contributed by atoms with Crippen LogP contribution in [0.1, 0.15) is 30.8 Å². The van der Waals surface area contributed by atoms with Crippen molar-refractivity contribution in [1.29, 1.82) is 0 Å². The van der Waals surface area contributed by atoms with Gasteiger partial charge in [-0.2, -0.15) is 10.1 Å². The van der Waals surface area contributed by atoms with Crippen LogP contribution in [-0.4, -0.2) is 74.2 Å². The fourth-order valence-electron chi connectivity index (χ4n) is 5.40. The number of pyridine rings is 1. The van der Waals surface area contributed by atoms with E-state index in [4.69, 9.17) is 24.8 Å². The van der Waals surface area contributed by atoms with E-state index < -0.39 is 0 Å². The predicted octanol–water partition coefficient (Wildman–Crippen LogP) is 4.34. The first-order chi connectivity index (χ1) is 19.9. The summed E-state index contributed by atoms with van der Waals surface area (Å²) in [4.78, 5) is 23.9. The molecule has 0 bridgehead atoms. The fourth-order valence-corrected chi connectivity index (χ4v) is 5.40. The zero-order valence-corrected chi connectivity index (χ0v) is 24.3. The number of imidazole rings is 1. The van der Waals surface area contributed by atoms with E-state index in [9.17, 15) is 0 Å². The molecule has 6 rings (SSSR count). The molecular weight excluding hydrogens is 514 g/mol. The highest BCUT2D eigenvalue weighted by atomic mass is 16.5. The zero-order chi connectivity index (χ0) is 28.7. The Morgan fingerprint density at radius 2 is 1.88 bits per heavy atom. The van der Waals surface area contributed by atoms with E-state index in [0.29, 0.717) is 19.2 Å². The lowest BCUT2D eigenvalue weighted by Gasteiger charge is -2.34. The molecule has 0 N–H and O–H groups in total. The molecule has 0 aliphatic carbocycles. The molecule has 0 radical (unpaired) electrons. The molecule has 1 atom stereocenters. The van der Waals surface area contributed by atoms with Crippen molar-refractivity contribution in [1.82, 2.24) is 34.3 Å². The van der Waals surface area contributed by atoms with Gasteiger partial charge in [-0.05, 0) is 45.9 Å². The molecule has 5 aromatic rings. The molecule has 10 nitrogen and oxygen atoms in total. The summed E-state index contributed by atoms with van der Waals surface area (Å²) in [5.74, 6) is 8.19. The summed E-state index contributed by atoms with van der Waals surface area (Å²) in [6, 6.07) is 12.3. The summed E-state index contributed by atoms with van der Waals surface area (Å²) in [6.45, 7) is 10.1. The van der Waals surface area contributed by atoms with Crippen LogP contribution in [0, 0.1) is 25.7 Å². The zero-order valence-electron chi connectivity index (χ0n) is 24.3. The third-order valence-corrected chi connectivity index (χ3v) is 7.29. The van der Waals surface area contributed by atoms with Crippen LogP contribution in [0.25, 0.3) is 33.9 Å². The largest absolute Gasteiger partial charge is 0.377 e. The Morgan fingerprint density at radius 1 is 1.05 bits per heavy atom. The smallest absolute Gasteiger partial charge is 0.239 e. The van der Waals surface area contributed by atoms with Crippen LogP contribution in [0.3, 0.4) is 0 Å². The first-order valence-corrected chi connectivity index (χ1v) is 13.7. The SMILES string of the molecule is CC#Cc1cncc(-n2nc(C)c(-c3cc(N4CCOC[C@H]4C)nc(-n4c(N(C)C)nc5ccccc54)n3)c2C)c1. The van der Waals surface area contributed by atoms with Gasteiger partial charge in [0.1, 0.15) is 5.82 Å². The molecule has 5 heterocycles. The van der Waals surface area contributed by atoms with Gasteiger partial charge < -0.3 is 14.5 Å². The highest BCUT2D eigenvalue weighted by Crippen LogP contribution is 2.33. The average Bonchev–Trinajstić information content (AvgIpc) is 3.50. The molecule has 10 heteroatoms. The van der Waals surface area contributed by atoms with Gasteiger partial charge in [-0.3, -0.25) is 4.98 Å². The molecule has 1 aliphatic rings. The standard InChI is InChI=1S/C31H33N9O/c1-7-10-23-15-24(18-32-17-23)40-22(4)29(21(3)36-40)26-16-28(38-13-14-41-19-20(38)2)35-30(33-26)39-27-12-9-8-11-25(27)34-31(39)37(5)6/h8-9,11-12,15-18,20H,13-14,19H2,1-6H3/t20-/m1/s1. The van der Waals surface area contributed by atoms with Crippen molar-refractivity contribution in [2.24, 2.45) is 0 Å². The average molecular weight is 548 g/mol. The Morgan fingerprint density at radius 3 is 2.66 bits per heavy atom. The number of nitrogens with zero attached hydrogens (tertiary/aromatic N) is 9. The third-order valence-electron chi connectivity index (χ3n) is 7.29. The van der Waals surface area contributed by atoms with Crippen molar-refractivity contribution in [3.63, 3.8) is 0 Å². The number of benzene rings is 1. The van der Waals surface area contributed by atoms with Crippen LogP contribution in [0.4, 0.5) is 11.8 Å². The number of anilines is 2. The number of para-hydroxylation sites is 2. The third kappa shape index (κ3) is 4.78. The van der Waals surface area contributed by atoms with Crippen molar-refractivity contribution in [2.75, 3.05) is 43.7 Å². The molecule has 0 saturated carbocycles. The maximum Gasteiger partial charge on any atom is 0.239 e. The Hall–Kier alpha value is -4.75. The lowest BCUT2D eigenvalue weighted by molar-refractivity contribution is 0.0985. The normalized spacial score (nSPS) is 15.2. The highest BCUT2D eigenvalue weighted by molar-refractivity contribution is 5.81. The van der Waals surface area contributed by atoms with Gasteiger partial charge in [-0.15, -0.1) is 5.92 Å². The molecule has 41 heavy (non-hydrogen) atoms. The molecule has 1 fully saturated rings. The molecular formula is C31H33N9O. The minimum atomic E-state index is 0.172. The maximum atomic E-state index is 5.74. The van der Waals surface area contributed by atoms with Crippen LogP contribution >= 0.6 is 0 Å². The van der Waals surface area contributed by atoms with Gasteiger partial charge in [0.15, 0.2) is 0 Å². The van der Waals surface area contributed by atoms with Crippen molar-refractivity contribution < 1.29 is 4.74 Å². The number of hydrogen-bond donors (Lipinski definition) is 0. The van der Waals surface area contributed by atoms with Crippen molar-refractivity contribution in [2.45, 2.75) is 33.7 Å². The Balaban J connectivity index is 1.58. The van der Waals surface area contributed by atoms with Gasteiger partial charge in [0.25, 0.3) is 0 Å². The number of ether oxygens (including phenoxy) is 1. The van der Waals surface area contributed by atoms with Gasteiger partial charge in [0, 0.05) is 44.0 Å². The van der Waals surface area contributed by atoms with Crippen LogP contribution < -0.4 is 9.80 Å². The molecule has 208 valence electrons. The number of aryl methyl sites for hydroxylation is 1. The summed E-state index contributed by atoms with van der Waals surface area (Å²) in [7, 11) is 3.96. The quantitative estimate of drug-likeness (QED) is 0.300. The summed E-state index contributed by atoms with van der Waals surface area (Å²) >= 11 is 0. The second-order valence-electron chi connectivity index (χ2n) is 10.4. The van der Waals surface area contributed by atoms with E-state index in [0.717, 1.165) is 63.2 Å². The van der Waals surface area contributed by atoms with Gasteiger partial charge >= 0.3 is 0 Å². The number of aromatic nitrogens is 7. The summed E-state index contributed by atoms with van der Waals surface area (Å²) < 4.78 is 9.68. The number of rotatable bonds is 5. The molecule has 0 unspecified atom stereocenters. The molecule has 0 spiro atoms. The van der Waals surface area contributed by atoms with E-state index in [-0.39, 0.29) is 6.04 Å². The first-order valence-electron chi connectivity index (χ1n) is 13.7. The van der Waals surface area contributed by atoms with Crippen LogP contribution in [0.2, 0.25) is 0 Å². The minimum Gasteiger partial charge on any atom is -0.377 e. The number of fused-ring (bicyclic) bond motifs is 1. The van der Waals surface area contributed by atoms with E-state index in [1.54, 1.807) is 12.4 Å². The summed E-state index contributed by atoms with van der Waals surface area (Å²) in [5.41, 5.74) is 7.10. The first kappa shape index (κ1) is 26.5. The van der Waals surface area contributed by atoms with Gasteiger partial charge in [-0.25, -0.2) is 19.2 Å². The summed E-state index contributed by atoms with van der Waals surface area (Å²) in [6.07, 6.45) is 3.56. The van der Waals surface area contributed by atoms with Crippen LogP contribution in [0.5, 0.6) is 0 Å². The van der Waals surface area contributed by atoms with Crippen molar-refractivity contribution in [3.05, 3.63) is 65.7 Å². The molecule has 1 aromatic carbocycles. The van der Waals surface area contributed by atoms with E-state index >= 15 is 0 Å². The lowest BCUT2D eigenvalue weighted by atomic mass is 10.1. The van der Waals surface area contributed by atoms with Gasteiger partial charge in [-0.1, -0.05) is 18.1 Å². The fraction of sp³-hybridized carbons (Fsp3) is 0.323. The van der Waals surface area contributed by atoms with Crippen molar-refractivity contribution >= 4 is 22.8 Å². The second-order valence-corrected chi connectivity index (χ2v) is 10.4. The number of morpholine rings is 1. The van der Waals surface area contributed by atoms with Crippen LogP contribution in [-0.2, 0) is 4.74 Å². The van der Waals surface area contributed by atoms with Crippen molar-refractivity contribution in [3.8, 4) is 34.7 Å². The van der Waals surface area contributed by atoms with E-state index in [1.165, 1.54) is 0 Å². The molecule has 1 saturated heterocycles. The Kier molecular flexibility index (Phi) is 6.89. The Labute approximate surface area is 239 Å².